The lowest BCUT2D eigenvalue weighted by atomic mass is 9.98. The Hall–Kier alpha value is -2.66. The molecule has 4 heterocycles. The van der Waals surface area contributed by atoms with E-state index in [9.17, 15) is 13.2 Å². The molecule has 0 aliphatic carbocycles. The number of rotatable bonds is 6. The van der Waals surface area contributed by atoms with E-state index in [0.29, 0.717) is 35.3 Å². The minimum absolute atomic E-state index is 0.107. The van der Waals surface area contributed by atoms with Crippen LogP contribution < -0.4 is 4.90 Å². The molecule has 1 amide bonds. The SMILES string of the molecule is O=C(C1CCCN(S(=O)(=O)c2cccs2)C1)N(Cc1cccnc1)c1nc2ccccc2s1. The molecule has 1 unspecified atom stereocenters. The lowest BCUT2D eigenvalue weighted by Gasteiger charge is -2.33. The highest BCUT2D eigenvalue weighted by Crippen LogP contribution is 2.33. The van der Waals surface area contributed by atoms with Crippen molar-refractivity contribution in [2.75, 3.05) is 18.0 Å². The largest absolute Gasteiger partial charge is 0.283 e. The molecule has 0 radical (unpaired) electrons. The number of pyridine rings is 1. The van der Waals surface area contributed by atoms with Crippen molar-refractivity contribution >= 4 is 54.0 Å². The van der Waals surface area contributed by atoms with E-state index in [1.807, 2.05) is 36.4 Å². The van der Waals surface area contributed by atoms with Crippen molar-refractivity contribution in [3.8, 4) is 0 Å². The van der Waals surface area contributed by atoms with E-state index in [1.165, 1.54) is 27.0 Å². The van der Waals surface area contributed by atoms with Gasteiger partial charge in [0.2, 0.25) is 5.91 Å². The third-order valence-electron chi connectivity index (χ3n) is 5.67. The van der Waals surface area contributed by atoms with Crippen molar-refractivity contribution in [2.45, 2.75) is 23.6 Å². The Morgan fingerprint density at radius 3 is 2.79 bits per heavy atom. The number of para-hydroxylation sites is 1. The summed E-state index contributed by atoms with van der Waals surface area (Å²) < 4.78 is 28.9. The molecule has 4 aromatic rings. The number of carbonyl (C=O) groups excluding carboxylic acids is 1. The Bertz CT molecular complexity index is 1320. The van der Waals surface area contributed by atoms with Crippen LogP contribution in [0.1, 0.15) is 18.4 Å². The Kier molecular flexibility index (Phi) is 6.24. The Morgan fingerprint density at radius 1 is 1.15 bits per heavy atom. The van der Waals surface area contributed by atoms with E-state index in [-0.39, 0.29) is 12.5 Å². The number of hydrogen-bond donors (Lipinski definition) is 0. The summed E-state index contributed by atoms with van der Waals surface area (Å²) in [6.07, 6.45) is 4.72. The first-order valence-electron chi connectivity index (χ1n) is 10.6. The molecule has 0 N–H and O–H groups in total. The van der Waals surface area contributed by atoms with Crippen LogP contribution in [0.2, 0.25) is 0 Å². The molecule has 1 aliphatic rings. The van der Waals surface area contributed by atoms with Gasteiger partial charge in [0.25, 0.3) is 10.0 Å². The number of thiazole rings is 1. The summed E-state index contributed by atoms with van der Waals surface area (Å²) in [5.74, 6) is -0.541. The minimum atomic E-state index is -3.60. The topological polar surface area (TPSA) is 83.5 Å². The van der Waals surface area contributed by atoms with Crippen LogP contribution in [0.5, 0.6) is 0 Å². The van der Waals surface area contributed by atoms with E-state index < -0.39 is 15.9 Å². The monoisotopic (exact) mass is 498 g/mol. The van der Waals surface area contributed by atoms with Crippen molar-refractivity contribution in [1.29, 1.82) is 0 Å². The van der Waals surface area contributed by atoms with Gasteiger partial charge in [-0.25, -0.2) is 13.4 Å². The summed E-state index contributed by atoms with van der Waals surface area (Å²) in [5.41, 5.74) is 1.73. The first-order chi connectivity index (χ1) is 16.0. The summed E-state index contributed by atoms with van der Waals surface area (Å²) >= 11 is 2.66. The van der Waals surface area contributed by atoms with Crippen LogP contribution in [-0.4, -0.2) is 41.7 Å². The predicted octanol–water partition coefficient (Wildman–Crippen LogP) is 4.39. The number of anilines is 1. The van der Waals surface area contributed by atoms with E-state index in [2.05, 4.69) is 4.98 Å². The fourth-order valence-corrected chi connectivity index (χ4v) is 7.65. The fraction of sp³-hybridized carbons (Fsp3) is 0.261. The molecule has 7 nitrogen and oxygen atoms in total. The number of fused-ring (bicyclic) bond motifs is 1. The van der Waals surface area contributed by atoms with Crippen LogP contribution in [0.15, 0.2) is 70.5 Å². The minimum Gasteiger partial charge on any atom is -0.283 e. The summed E-state index contributed by atoms with van der Waals surface area (Å²) in [4.78, 5) is 24.4. The van der Waals surface area contributed by atoms with Crippen molar-refractivity contribution in [2.24, 2.45) is 5.92 Å². The van der Waals surface area contributed by atoms with Crippen molar-refractivity contribution in [1.82, 2.24) is 14.3 Å². The van der Waals surface area contributed by atoms with Gasteiger partial charge in [0.05, 0.1) is 22.7 Å². The number of sulfonamides is 1. The van der Waals surface area contributed by atoms with E-state index in [0.717, 1.165) is 15.8 Å². The lowest BCUT2D eigenvalue weighted by Crippen LogP contribution is -2.46. The van der Waals surface area contributed by atoms with E-state index in [4.69, 9.17) is 4.98 Å². The molecule has 3 aromatic heterocycles. The second-order valence-corrected chi connectivity index (χ2v) is 12.0. The smallest absolute Gasteiger partial charge is 0.252 e. The zero-order chi connectivity index (χ0) is 22.8. The van der Waals surface area contributed by atoms with Crippen LogP contribution in [0.25, 0.3) is 10.2 Å². The number of carbonyl (C=O) groups is 1. The van der Waals surface area contributed by atoms with Crippen LogP contribution in [0.3, 0.4) is 0 Å². The maximum atomic E-state index is 13.8. The summed E-state index contributed by atoms with van der Waals surface area (Å²) in [6.45, 7) is 0.932. The van der Waals surface area contributed by atoms with Crippen molar-refractivity contribution in [3.63, 3.8) is 0 Å². The molecule has 1 atom stereocenters. The van der Waals surface area contributed by atoms with Gasteiger partial charge in [-0.05, 0) is 48.1 Å². The second-order valence-electron chi connectivity index (χ2n) is 7.88. The average molecular weight is 499 g/mol. The predicted molar refractivity (Wildman–Crippen MR) is 131 cm³/mol. The Morgan fingerprint density at radius 2 is 2.03 bits per heavy atom. The zero-order valence-corrected chi connectivity index (χ0v) is 20.2. The van der Waals surface area contributed by atoms with Gasteiger partial charge in [0.1, 0.15) is 4.21 Å². The number of thiophene rings is 1. The number of piperidine rings is 1. The number of amides is 1. The van der Waals surface area contributed by atoms with Gasteiger partial charge in [0, 0.05) is 25.5 Å². The number of aromatic nitrogens is 2. The first-order valence-corrected chi connectivity index (χ1v) is 13.8. The molecule has 1 fully saturated rings. The molecule has 1 aliphatic heterocycles. The molecule has 5 rings (SSSR count). The van der Waals surface area contributed by atoms with Crippen LogP contribution in [0, 0.1) is 5.92 Å². The van der Waals surface area contributed by atoms with Gasteiger partial charge in [-0.15, -0.1) is 11.3 Å². The van der Waals surface area contributed by atoms with Gasteiger partial charge in [0.15, 0.2) is 5.13 Å². The third kappa shape index (κ3) is 4.56. The molecule has 10 heteroatoms. The fourth-order valence-electron chi connectivity index (χ4n) is 4.01. The Balaban J connectivity index is 1.45. The molecule has 0 bridgehead atoms. The van der Waals surface area contributed by atoms with Gasteiger partial charge in [-0.3, -0.25) is 14.7 Å². The maximum absolute atomic E-state index is 13.8. The molecular formula is C23H22N4O3S3. The molecule has 0 saturated carbocycles. The Labute approximate surface area is 200 Å². The summed E-state index contributed by atoms with van der Waals surface area (Å²) in [6, 6.07) is 14.9. The van der Waals surface area contributed by atoms with E-state index in [1.54, 1.807) is 34.8 Å². The van der Waals surface area contributed by atoms with Gasteiger partial charge < -0.3 is 0 Å². The van der Waals surface area contributed by atoms with Crippen molar-refractivity contribution < 1.29 is 13.2 Å². The normalized spacial score (nSPS) is 17.3. The standard InChI is InChI=1S/C23H22N4O3S3/c28-22(18-7-4-12-26(16-18)33(29,30)21-10-5-13-31-21)27(15-17-6-3-11-24-14-17)23-25-19-8-1-2-9-20(19)32-23/h1-3,5-6,8-11,13-14,18H,4,7,12,15-16H2. The average Bonchev–Trinajstić information content (AvgIpc) is 3.53. The molecule has 33 heavy (non-hydrogen) atoms. The highest BCUT2D eigenvalue weighted by atomic mass is 32.2. The van der Waals surface area contributed by atoms with E-state index >= 15 is 0 Å². The number of hydrogen-bond acceptors (Lipinski definition) is 7. The maximum Gasteiger partial charge on any atom is 0.252 e. The highest BCUT2D eigenvalue weighted by molar-refractivity contribution is 7.91. The quantitative estimate of drug-likeness (QED) is 0.394. The molecule has 170 valence electrons. The summed E-state index contributed by atoms with van der Waals surface area (Å²) in [5, 5.41) is 2.37. The van der Waals surface area contributed by atoms with Gasteiger partial charge in [-0.2, -0.15) is 4.31 Å². The summed E-state index contributed by atoms with van der Waals surface area (Å²) in [7, 11) is -3.60. The molecule has 1 saturated heterocycles. The zero-order valence-electron chi connectivity index (χ0n) is 17.7. The van der Waals surface area contributed by atoms with Crippen LogP contribution >= 0.6 is 22.7 Å². The lowest BCUT2D eigenvalue weighted by molar-refractivity contribution is -0.123. The number of benzene rings is 1. The molecule has 1 aromatic carbocycles. The third-order valence-corrected chi connectivity index (χ3v) is 9.96. The van der Waals surface area contributed by atoms with Gasteiger partial charge in [-0.1, -0.05) is 35.6 Å². The first kappa shape index (κ1) is 22.1. The van der Waals surface area contributed by atoms with Crippen LogP contribution in [0.4, 0.5) is 5.13 Å². The second kappa shape index (κ2) is 9.30. The van der Waals surface area contributed by atoms with Crippen LogP contribution in [-0.2, 0) is 21.4 Å². The van der Waals surface area contributed by atoms with Gasteiger partial charge >= 0.3 is 0 Å². The highest BCUT2D eigenvalue weighted by Gasteiger charge is 2.36. The molecule has 0 spiro atoms. The molecular weight excluding hydrogens is 476 g/mol. The van der Waals surface area contributed by atoms with Crippen molar-refractivity contribution in [3.05, 3.63) is 71.9 Å². The number of nitrogens with zero attached hydrogens (tertiary/aromatic N) is 4.